The van der Waals surface area contributed by atoms with Crippen LogP contribution in [0.5, 0.6) is 0 Å². The van der Waals surface area contributed by atoms with Gasteiger partial charge in [0.25, 0.3) is 0 Å². The van der Waals surface area contributed by atoms with Crippen LogP contribution in [0.3, 0.4) is 0 Å². The average Bonchev–Trinajstić information content (AvgIpc) is 2.23. The van der Waals surface area contributed by atoms with Crippen molar-refractivity contribution in [2.75, 3.05) is 13.6 Å². The highest BCUT2D eigenvalue weighted by molar-refractivity contribution is 5.76. The molecule has 14 heavy (non-hydrogen) atoms. The van der Waals surface area contributed by atoms with Crippen LogP contribution in [0.4, 0.5) is 0 Å². The van der Waals surface area contributed by atoms with Crippen molar-refractivity contribution in [2.45, 2.75) is 44.9 Å². The van der Waals surface area contributed by atoms with Crippen molar-refractivity contribution < 1.29 is 4.79 Å². The first kappa shape index (κ1) is 10.0. The molecule has 0 radical (unpaired) electrons. The number of carbonyl (C=O) groups is 1. The van der Waals surface area contributed by atoms with E-state index in [4.69, 9.17) is 0 Å². The van der Waals surface area contributed by atoms with Crippen molar-refractivity contribution in [1.82, 2.24) is 4.90 Å². The molecule has 80 valence electrons. The first-order valence-corrected chi connectivity index (χ1v) is 6.01. The molecular weight excluding hydrogens is 174 g/mol. The highest BCUT2D eigenvalue weighted by Crippen LogP contribution is 2.35. The SMILES string of the molecule is CN1CCC(C2CCCCC2)CC1=O. The number of rotatable bonds is 1. The minimum absolute atomic E-state index is 0.367. The third-order valence-electron chi connectivity index (χ3n) is 4.01. The Morgan fingerprint density at radius 3 is 2.43 bits per heavy atom. The molecule has 1 saturated carbocycles. The summed E-state index contributed by atoms with van der Waals surface area (Å²) in [6, 6.07) is 0. The van der Waals surface area contributed by atoms with E-state index < -0.39 is 0 Å². The van der Waals surface area contributed by atoms with Crippen LogP contribution in [-0.4, -0.2) is 24.4 Å². The minimum Gasteiger partial charge on any atom is -0.346 e. The van der Waals surface area contributed by atoms with Crippen molar-refractivity contribution in [2.24, 2.45) is 11.8 Å². The summed E-state index contributed by atoms with van der Waals surface area (Å²) in [5.41, 5.74) is 0. The van der Waals surface area contributed by atoms with E-state index >= 15 is 0 Å². The largest absolute Gasteiger partial charge is 0.346 e. The van der Waals surface area contributed by atoms with Gasteiger partial charge in [0.15, 0.2) is 0 Å². The zero-order chi connectivity index (χ0) is 9.97. The van der Waals surface area contributed by atoms with Gasteiger partial charge in [-0.1, -0.05) is 32.1 Å². The molecule has 0 aromatic carbocycles. The first-order valence-electron chi connectivity index (χ1n) is 6.01. The summed E-state index contributed by atoms with van der Waals surface area (Å²) >= 11 is 0. The average molecular weight is 195 g/mol. The van der Waals surface area contributed by atoms with Crippen LogP contribution < -0.4 is 0 Å². The summed E-state index contributed by atoms with van der Waals surface area (Å²) in [5.74, 6) is 1.94. The van der Waals surface area contributed by atoms with E-state index in [2.05, 4.69) is 0 Å². The molecule has 0 N–H and O–H groups in total. The van der Waals surface area contributed by atoms with Crippen LogP contribution in [0.15, 0.2) is 0 Å². The quantitative estimate of drug-likeness (QED) is 0.629. The third-order valence-corrected chi connectivity index (χ3v) is 4.01. The van der Waals surface area contributed by atoms with Gasteiger partial charge in [-0.25, -0.2) is 0 Å². The molecule has 1 heterocycles. The standard InChI is InChI=1S/C12H21NO/c1-13-8-7-11(9-12(13)14)10-5-3-2-4-6-10/h10-11H,2-9H2,1H3. The maximum Gasteiger partial charge on any atom is 0.222 e. The third kappa shape index (κ3) is 2.10. The Hall–Kier alpha value is -0.530. The van der Waals surface area contributed by atoms with E-state index in [0.29, 0.717) is 11.8 Å². The Kier molecular flexibility index (Phi) is 3.09. The molecule has 2 nitrogen and oxygen atoms in total. The van der Waals surface area contributed by atoms with Crippen molar-refractivity contribution in [3.05, 3.63) is 0 Å². The fourth-order valence-corrected chi connectivity index (χ4v) is 2.97. The van der Waals surface area contributed by atoms with E-state index in [1.54, 1.807) is 0 Å². The molecule has 0 aromatic rings. The van der Waals surface area contributed by atoms with Gasteiger partial charge >= 0.3 is 0 Å². The number of carbonyl (C=O) groups excluding carboxylic acids is 1. The van der Waals surface area contributed by atoms with Gasteiger partial charge < -0.3 is 4.90 Å². The second-order valence-corrected chi connectivity index (χ2v) is 4.97. The summed E-state index contributed by atoms with van der Waals surface area (Å²) in [7, 11) is 1.93. The number of amides is 1. The topological polar surface area (TPSA) is 20.3 Å². The lowest BCUT2D eigenvalue weighted by molar-refractivity contribution is -0.134. The second kappa shape index (κ2) is 4.33. The predicted molar refractivity (Wildman–Crippen MR) is 56.9 cm³/mol. The number of hydrogen-bond donors (Lipinski definition) is 0. The predicted octanol–water partition coefficient (Wildman–Crippen LogP) is 2.44. The molecule has 1 aliphatic heterocycles. The lowest BCUT2D eigenvalue weighted by atomic mass is 9.76. The van der Waals surface area contributed by atoms with E-state index in [9.17, 15) is 4.79 Å². The molecular formula is C12H21NO. The van der Waals surface area contributed by atoms with E-state index in [1.807, 2.05) is 11.9 Å². The lowest BCUT2D eigenvalue weighted by Gasteiger charge is -2.35. The molecule has 1 amide bonds. The van der Waals surface area contributed by atoms with Crippen molar-refractivity contribution in [1.29, 1.82) is 0 Å². The van der Waals surface area contributed by atoms with Crippen LogP contribution in [0.1, 0.15) is 44.9 Å². The minimum atomic E-state index is 0.367. The zero-order valence-corrected chi connectivity index (χ0v) is 9.17. The molecule has 1 saturated heterocycles. The van der Waals surface area contributed by atoms with Gasteiger partial charge in [0.05, 0.1) is 0 Å². The monoisotopic (exact) mass is 195 g/mol. The Morgan fingerprint density at radius 1 is 1.07 bits per heavy atom. The first-order chi connectivity index (χ1) is 6.77. The van der Waals surface area contributed by atoms with Gasteiger partial charge in [0.1, 0.15) is 0 Å². The smallest absolute Gasteiger partial charge is 0.222 e. The second-order valence-electron chi connectivity index (χ2n) is 4.97. The molecule has 0 bridgehead atoms. The maximum absolute atomic E-state index is 11.6. The number of piperidine rings is 1. The van der Waals surface area contributed by atoms with Crippen molar-refractivity contribution in [3.8, 4) is 0 Å². The number of likely N-dealkylation sites (tertiary alicyclic amines) is 1. The van der Waals surface area contributed by atoms with E-state index in [-0.39, 0.29) is 0 Å². The number of nitrogens with zero attached hydrogens (tertiary/aromatic N) is 1. The fourth-order valence-electron chi connectivity index (χ4n) is 2.97. The van der Waals surface area contributed by atoms with E-state index in [1.165, 1.54) is 38.5 Å². The molecule has 2 heteroatoms. The van der Waals surface area contributed by atoms with Crippen LogP contribution >= 0.6 is 0 Å². The van der Waals surface area contributed by atoms with Gasteiger partial charge in [0, 0.05) is 20.0 Å². The van der Waals surface area contributed by atoms with E-state index in [0.717, 1.165) is 18.9 Å². The van der Waals surface area contributed by atoms with Gasteiger partial charge in [-0.3, -0.25) is 4.79 Å². The Bertz CT molecular complexity index is 208. The van der Waals surface area contributed by atoms with Gasteiger partial charge in [-0.15, -0.1) is 0 Å². The van der Waals surface area contributed by atoms with Crippen LogP contribution in [0, 0.1) is 11.8 Å². The Labute approximate surface area is 86.7 Å². The maximum atomic E-state index is 11.6. The Balaban J connectivity index is 1.88. The molecule has 1 atom stereocenters. The summed E-state index contributed by atoms with van der Waals surface area (Å²) in [6.45, 7) is 0.986. The summed E-state index contributed by atoms with van der Waals surface area (Å²) < 4.78 is 0. The van der Waals surface area contributed by atoms with Crippen LogP contribution in [-0.2, 0) is 4.79 Å². The highest BCUT2D eigenvalue weighted by Gasteiger charge is 2.30. The molecule has 0 aromatic heterocycles. The molecule has 2 rings (SSSR count). The van der Waals surface area contributed by atoms with Crippen molar-refractivity contribution >= 4 is 5.91 Å². The van der Waals surface area contributed by atoms with Crippen molar-refractivity contribution in [3.63, 3.8) is 0 Å². The van der Waals surface area contributed by atoms with Gasteiger partial charge in [0.2, 0.25) is 5.91 Å². The zero-order valence-electron chi connectivity index (χ0n) is 9.17. The fraction of sp³-hybridized carbons (Fsp3) is 0.917. The molecule has 0 spiro atoms. The molecule has 1 unspecified atom stereocenters. The summed E-state index contributed by atoms with van der Waals surface area (Å²) in [4.78, 5) is 13.5. The Morgan fingerprint density at radius 2 is 1.79 bits per heavy atom. The molecule has 2 fully saturated rings. The molecule has 2 aliphatic rings. The van der Waals surface area contributed by atoms with Gasteiger partial charge in [-0.2, -0.15) is 0 Å². The normalized spacial score (nSPS) is 30.8. The van der Waals surface area contributed by atoms with Crippen LogP contribution in [0.2, 0.25) is 0 Å². The summed E-state index contributed by atoms with van der Waals surface area (Å²) in [6.07, 6.45) is 9.02. The lowest BCUT2D eigenvalue weighted by Crippen LogP contribution is -2.38. The summed E-state index contributed by atoms with van der Waals surface area (Å²) in [5, 5.41) is 0. The van der Waals surface area contributed by atoms with Crippen LogP contribution in [0.25, 0.3) is 0 Å². The molecule has 1 aliphatic carbocycles. The number of hydrogen-bond acceptors (Lipinski definition) is 1. The highest BCUT2D eigenvalue weighted by atomic mass is 16.2. The van der Waals surface area contributed by atoms with Gasteiger partial charge in [-0.05, 0) is 18.3 Å².